The largest absolute Gasteiger partial charge is 0.334 e. The molecule has 19 heavy (non-hydrogen) atoms. The summed E-state index contributed by atoms with van der Waals surface area (Å²) in [5.41, 5.74) is 8.98. The normalized spacial score (nSPS) is 13.5. The summed E-state index contributed by atoms with van der Waals surface area (Å²) in [6, 6.07) is 8.21. The molecule has 0 fully saturated rings. The molecule has 2 rings (SSSR count). The van der Waals surface area contributed by atoms with Gasteiger partial charge < -0.3 is 10.3 Å². The Bertz CT molecular complexity index is 549. The second-order valence-electron chi connectivity index (χ2n) is 5.89. The molecule has 1 aromatic carbocycles. The highest BCUT2D eigenvalue weighted by Crippen LogP contribution is 2.30. The van der Waals surface area contributed by atoms with Gasteiger partial charge in [-0.05, 0) is 23.5 Å². The third-order valence-corrected chi connectivity index (χ3v) is 3.47. The topological polar surface area (TPSA) is 43.8 Å². The van der Waals surface area contributed by atoms with E-state index in [1.54, 1.807) is 0 Å². The minimum atomic E-state index is -0.176. The number of nitrogens with zero attached hydrogens (tertiary/aromatic N) is 2. The minimum absolute atomic E-state index is 0.0812. The first-order valence-electron chi connectivity index (χ1n) is 6.81. The van der Waals surface area contributed by atoms with Gasteiger partial charge >= 0.3 is 0 Å². The molecule has 1 unspecified atom stereocenters. The number of imidazole rings is 1. The summed E-state index contributed by atoms with van der Waals surface area (Å²) in [5, 5.41) is 0. The van der Waals surface area contributed by atoms with E-state index >= 15 is 0 Å². The van der Waals surface area contributed by atoms with Crippen LogP contribution in [0.4, 0.5) is 0 Å². The van der Waals surface area contributed by atoms with Gasteiger partial charge in [0.1, 0.15) is 5.82 Å². The van der Waals surface area contributed by atoms with Crippen LogP contribution in [-0.4, -0.2) is 9.55 Å². The molecule has 102 valence electrons. The molecule has 1 atom stereocenters. The van der Waals surface area contributed by atoms with Crippen molar-refractivity contribution in [3.05, 3.63) is 53.6 Å². The van der Waals surface area contributed by atoms with Gasteiger partial charge in [-0.25, -0.2) is 4.98 Å². The van der Waals surface area contributed by atoms with Crippen LogP contribution >= 0.6 is 0 Å². The van der Waals surface area contributed by atoms with E-state index in [1.807, 2.05) is 18.5 Å². The van der Waals surface area contributed by atoms with Crippen molar-refractivity contribution in [2.75, 3.05) is 0 Å². The Labute approximate surface area is 115 Å². The standard InChI is InChI=1S/C16H23N3/c1-5-19-11-10-18-15(19)14(17)12-8-6-7-9-13(12)16(2,3)4/h6-11,14H,5,17H2,1-4H3. The summed E-state index contributed by atoms with van der Waals surface area (Å²) in [7, 11) is 0. The Kier molecular flexibility index (Phi) is 3.76. The van der Waals surface area contributed by atoms with Crippen LogP contribution in [0.2, 0.25) is 0 Å². The zero-order valence-corrected chi connectivity index (χ0v) is 12.2. The molecule has 0 radical (unpaired) electrons. The number of rotatable bonds is 3. The third kappa shape index (κ3) is 2.71. The fourth-order valence-electron chi connectivity index (χ4n) is 2.46. The van der Waals surface area contributed by atoms with Crippen LogP contribution in [0.25, 0.3) is 0 Å². The summed E-state index contributed by atoms with van der Waals surface area (Å²) in [5.74, 6) is 0.930. The van der Waals surface area contributed by atoms with Crippen LogP contribution in [0, 0.1) is 0 Å². The Hall–Kier alpha value is -1.61. The van der Waals surface area contributed by atoms with Crippen LogP contribution in [0.1, 0.15) is 50.7 Å². The quantitative estimate of drug-likeness (QED) is 0.917. The lowest BCUT2D eigenvalue weighted by Gasteiger charge is -2.25. The lowest BCUT2D eigenvalue weighted by atomic mass is 9.82. The van der Waals surface area contributed by atoms with E-state index in [2.05, 4.69) is 55.4 Å². The summed E-state index contributed by atoms with van der Waals surface area (Å²) in [6.45, 7) is 9.63. The van der Waals surface area contributed by atoms with Gasteiger partial charge in [0.2, 0.25) is 0 Å². The van der Waals surface area contributed by atoms with Gasteiger partial charge in [-0.15, -0.1) is 0 Å². The van der Waals surface area contributed by atoms with E-state index in [-0.39, 0.29) is 11.5 Å². The summed E-state index contributed by atoms with van der Waals surface area (Å²) < 4.78 is 2.10. The van der Waals surface area contributed by atoms with Crippen molar-refractivity contribution in [3.8, 4) is 0 Å². The van der Waals surface area contributed by atoms with Crippen LogP contribution in [0.5, 0.6) is 0 Å². The molecule has 0 amide bonds. The molecule has 0 aliphatic rings. The number of hydrogen-bond donors (Lipinski definition) is 1. The van der Waals surface area contributed by atoms with Crippen LogP contribution < -0.4 is 5.73 Å². The number of nitrogens with two attached hydrogens (primary N) is 1. The lowest BCUT2D eigenvalue weighted by molar-refractivity contribution is 0.570. The number of hydrogen-bond acceptors (Lipinski definition) is 2. The predicted molar refractivity (Wildman–Crippen MR) is 79.1 cm³/mol. The van der Waals surface area contributed by atoms with Crippen molar-refractivity contribution in [3.63, 3.8) is 0 Å². The van der Waals surface area contributed by atoms with E-state index in [1.165, 1.54) is 5.56 Å². The first-order chi connectivity index (χ1) is 8.95. The summed E-state index contributed by atoms with van der Waals surface area (Å²) >= 11 is 0. The molecule has 1 aromatic heterocycles. The monoisotopic (exact) mass is 257 g/mol. The average molecular weight is 257 g/mol. The second-order valence-corrected chi connectivity index (χ2v) is 5.89. The Morgan fingerprint density at radius 1 is 1.26 bits per heavy atom. The van der Waals surface area contributed by atoms with Gasteiger partial charge in [0, 0.05) is 18.9 Å². The van der Waals surface area contributed by atoms with Gasteiger partial charge in [0.15, 0.2) is 0 Å². The molecule has 2 N–H and O–H groups in total. The molecule has 1 heterocycles. The number of aromatic nitrogens is 2. The van der Waals surface area contributed by atoms with Gasteiger partial charge in [0.25, 0.3) is 0 Å². The summed E-state index contributed by atoms with van der Waals surface area (Å²) in [6.07, 6.45) is 3.80. The maximum absolute atomic E-state index is 6.45. The van der Waals surface area contributed by atoms with E-state index in [0.717, 1.165) is 17.9 Å². The molecule has 0 aliphatic heterocycles. The van der Waals surface area contributed by atoms with Crippen molar-refractivity contribution in [1.82, 2.24) is 9.55 Å². The van der Waals surface area contributed by atoms with Gasteiger partial charge in [-0.3, -0.25) is 0 Å². The first kappa shape index (κ1) is 13.8. The van der Waals surface area contributed by atoms with E-state index in [4.69, 9.17) is 5.73 Å². The van der Waals surface area contributed by atoms with Crippen molar-refractivity contribution in [2.24, 2.45) is 5.73 Å². The molecule has 2 aromatic rings. The SMILES string of the molecule is CCn1ccnc1C(N)c1ccccc1C(C)(C)C. The maximum atomic E-state index is 6.45. The molecule has 3 nitrogen and oxygen atoms in total. The fraction of sp³-hybridized carbons (Fsp3) is 0.438. The molecule has 0 saturated heterocycles. The Balaban J connectivity index is 2.48. The Morgan fingerprint density at radius 3 is 2.58 bits per heavy atom. The van der Waals surface area contributed by atoms with Gasteiger partial charge in [-0.2, -0.15) is 0 Å². The van der Waals surface area contributed by atoms with Gasteiger partial charge in [0.05, 0.1) is 6.04 Å². The van der Waals surface area contributed by atoms with Crippen LogP contribution in [0.3, 0.4) is 0 Å². The number of benzene rings is 1. The highest BCUT2D eigenvalue weighted by atomic mass is 15.1. The molecule has 3 heteroatoms. The van der Waals surface area contributed by atoms with Crippen LogP contribution in [-0.2, 0) is 12.0 Å². The molecular weight excluding hydrogens is 234 g/mol. The minimum Gasteiger partial charge on any atom is -0.334 e. The fourth-order valence-corrected chi connectivity index (χ4v) is 2.46. The number of aryl methyl sites for hydroxylation is 1. The smallest absolute Gasteiger partial charge is 0.130 e. The third-order valence-electron chi connectivity index (χ3n) is 3.47. The molecule has 0 bridgehead atoms. The zero-order valence-electron chi connectivity index (χ0n) is 12.2. The molecule has 0 aliphatic carbocycles. The van der Waals surface area contributed by atoms with Crippen molar-refractivity contribution >= 4 is 0 Å². The second kappa shape index (κ2) is 5.17. The van der Waals surface area contributed by atoms with Gasteiger partial charge in [-0.1, -0.05) is 45.0 Å². The first-order valence-corrected chi connectivity index (χ1v) is 6.81. The molecular formula is C16H23N3. The highest BCUT2D eigenvalue weighted by molar-refractivity contribution is 5.37. The van der Waals surface area contributed by atoms with Crippen LogP contribution in [0.15, 0.2) is 36.7 Å². The zero-order chi connectivity index (χ0) is 14.0. The molecule has 0 spiro atoms. The molecule has 0 saturated carbocycles. The van der Waals surface area contributed by atoms with Crippen molar-refractivity contribution in [2.45, 2.75) is 45.7 Å². The highest BCUT2D eigenvalue weighted by Gasteiger charge is 2.23. The Morgan fingerprint density at radius 2 is 1.95 bits per heavy atom. The summed E-state index contributed by atoms with van der Waals surface area (Å²) in [4.78, 5) is 4.42. The average Bonchev–Trinajstić information content (AvgIpc) is 2.85. The van der Waals surface area contributed by atoms with E-state index in [9.17, 15) is 0 Å². The van der Waals surface area contributed by atoms with E-state index in [0.29, 0.717) is 0 Å². The van der Waals surface area contributed by atoms with Crippen molar-refractivity contribution < 1.29 is 0 Å². The maximum Gasteiger partial charge on any atom is 0.130 e. The lowest BCUT2D eigenvalue weighted by Crippen LogP contribution is -2.23. The predicted octanol–water partition coefficient (Wildman–Crippen LogP) is 3.25. The van der Waals surface area contributed by atoms with Crippen molar-refractivity contribution in [1.29, 1.82) is 0 Å². The van der Waals surface area contributed by atoms with E-state index < -0.39 is 0 Å².